The van der Waals surface area contributed by atoms with Gasteiger partial charge in [0, 0.05) is 11.8 Å². The van der Waals surface area contributed by atoms with Crippen molar-refractivity contribution in [2.75, 3.05) is 0 Å². The van der Waals surface area contributed by atoms with Crippen LogP contribution in [0.1, 0.15) is 27.7 Å². The predicted octanol–water partition coefficient (Wildman–Crippen LogP) is 3.00. The molecule has 2 rings (SSSR count). The van der Waals surface area contributed by atoms with Crippen molar-refractivity contribution < 1.29 is 16.8 Å². The molecule has 0 aliphatic rings. The fraction of sp³-hybridized carbons (Fsp3) is 0.300. The highest BCUT2D eigenvalue weighted by Gasteiger charge is 2.04. The van der Waals surface area contributed by atoms with E-state index in [1.54, 1.807) is 36.4 Å². The van der Waals surface area contributed by atoms with Crippen molar-refractivity contribution in [1.82, 2.24) is 0 Å². The Labute approximate surface area is 179 Å². The number of hydrogen-bond acceptors (Lipinski definition) is 6. The zero-order chi connectivity index (χ0) is 23.8. The van der Waals surface area contributed by atoms with Crippen molar-refractivity contribution in [3.8, 4) is 12.1 Å². The van der Waals surface area contributed by atoms with Crippen molar-refractivity contribution in [3.05, 3.63) is 60.7 Å². The molecule has 4 N–H and O–H groups in total. The van der Waals surface area contributed by atoms with Gasteiger partial charge in [0.15, 0.2) is 0 Å². The summed E-state index contributed by atoms with van der Waals surface area (Å²) in [5.41, 5.74) is 0. The maximum Gasteiger partial charge on any atom is 0.238 e. The number of rotatable bonds is 2. The van der Waals surface area contributed by atoms with Crippen LogP contribution in [0.15, 0.2) is 70.5 Å². The zero-order valence-corrected chi connectivity index (χ0v) is 19.1. The van der Waals surface area contributed by atoms with Crippen LogP contribution in [0.4, 0.5) is 0 Å². The van der Waals surface area contributed by atoms with Gasteiger partial charge in [0.25, 0.3) is 0 Å². The van der Waals surface area contributed by atoms with Crippen LogP contribution in [-0.2, 0) is 20.0 Å². The molecule has 0 aliphatic heterocycles. The molecule has 0 amide bonds. The summed E-state index contributed by atoms with van der Waals surface area (Å²) in [6, 6.07) is 19.8. The Morgan fingerprint density at radius 2 is 0.833 bits per heavy atom. The van der Waals surface area contributed by atoms with Gasteiger partial charge in [-0.1, -0.05) is 36.4 Å². The maximum absolute atomic E-state index is 10.6. The molecule has 8 nitrogen and oxygen atoms in total. The average molecular weight is 453 g/mol. The van der Waals surface area contributed by atoms with Crippen LogP contribution in [0.5, 0.6) is 0 Å². The van der Waals surface area contributed by atoms with E-state index in [-0.39, 0.29) is 21.6 Å². The second-order valence-electron chi connectivity index (χ2n) is 6.28. The number of nitriles is 2. The van der Waals surface area contributed by atoms with Crippen LogP contribution in [0, 0.1) is 34.5 Å². The van der Waals surface area contributed by atoms with Gasteiger partial charge in [-0.15, -0.1) is 0 Å². The summed E-state index contributed by atoms with van der Waals surface area (Å²) >= 11 is 0. The smallest absolute Gasteiger partial charge is 0.225 e. The molecule has 0 aliphatic carbocycles. The highest BCUT2D eigenvalue weighted by atomic mass is 32.2. The van der Waals surface area contributed by atoms with Gasteiger partial charge < -0.3 is 0 Å². The van der Waals surface area contributed by atoms with Crippen LogP contribution < -0.4 is 10.3 Å². The molecule has 0 bridgehead atoms. The van der Waals surface area contributed by atoms with Gasteiger partial charge in [-0.25, -0.2) is 27.1 Å². The predicted molar refractivity (Wildman–Crippen MR) is 117 cm³/mol. The summed E-state index contributed by atoms with van der Waals surface area (Å²) in [5.74, 6) is 0.380. The van der Waals surface area contributed by atoms with E-state index in [1.807, 2.05) is 39.8 Å². The number of benzene rings is 2. The minimum absolute atomic E-state index is 0.148. The fourth-order valence-electron chi connectivity index (χ4n) is 1.22. The molecule has 0 saturated heterocycles. The lowest BCUT2D eigenvalue weighted by Gasteiger charge is -1.93. The van der Waals surface area contributed by atoms with Gasteiger partial charge in [0.05, 0.1) is 21.9 Å². The lowest BCUT2D eigenvalue weighted by molar-refractivity contribution is 0.596. The first kappa shape index (κ1) is 29.4. The summed E-state index contributed by atoms with van der Waals surface area (Å²) in [5, 5.41) is 25.4. The molecule has 0 saturated carbocycles. The number of nitrogens with two attached hydrogens (primary N) is 2. The third kappa shape index (κ3) is 17.3. The molecule has 0 heterocycles. The molecule has 0 atom stereocenters. The third-order valence-corrected chi connectivity index (χ3v) is 4.52. The zero-order valence-electron chi connectivity index (χ0n) is 17.4. The normalized spacial score (nSPS) is 10.1. The number of sulfonamides is 2. The van der Waals surface area contributed by atoms with Gasteiger partial charge in [0.2, 0.25) is 20.0 Å². The summed E-state index contributed by atoms with van der Waals surface area (Å²) in [7, 11) is -7.01. The second-order valence-corrected chi connectivity index (χ2v) is 9.41. The lowest BCUT2D eigenvalue weighted by Crippen LogP contribution is -2.11. The standard InChI is InChI=1S/2C6H7NO2S.2C4H7N/c2*7-10(8,9)6-4-2-1-3-5-6;2*1-4(2)3-5/h2*1-5H,(H2,7,8,9);2*4H,1-2H3. The minimum atomic E-state index is -3.50. The lowest BCUT2D eigenvalue weighted by atomic mass is 10.3. The molecular weight excluding hydrogens is 424 g/mol. The van der Waals surface area contributed by atoms with E-state index in [4.69, 9.17) is 20.8 Å². The molecule has 2 aromatic rings. The van der Waals surface area contributed by atoms with E-state index in [0.717, 1.165) is 0 Å². The van der Waals surface area contributed by atoms with Crippen LogP contribution in [-0.4, -0.2) is 16.8 Å². The summed E-state index contributed by atoms with van der Waals surface area (Å²) < 4.78 is 42.4. The summed E-state index contributed by atoms with van der Waals surface area (Å²) in [6.07, 6.45) is 0. The Balaban J connectivity index is 0. The van der Waals surface area contributed by atoms with Crippen LogP contribution >= 0.6 is 0 Å². The quantitative estimate of drug-likeness (QED) is 0.709. The Morgan fingerprint density at radius 1 is 0.633 bits per heavy atom. The second kappa shape index (κ2) is 15.1. The van der Waals surface area contributed by atoms with E-state index in [2.05, 4.69) is 0 Å². The highest BCUT2D eigenvalue weighted by Crippen LogP contribution is 2.03. The van der Waals surface area contributed by atoms with Crippen molar-refractivity contribution >= 4 is 20.0 Å². The number of hydrogen-bond donors (Lipinski definition) is 2. The first-order valence-electron chi connectivity index (χ1n) is 8.70. The Bertz CT molecular complexity index is 922. The van der Waals surface area contributed by atoms with Crippen molar-refractivity contribution in [2.45, 2.75) is 37.5 Å². The Kier molecular flexibility index (Phi) is 14.8. The van der Waals surface area contributed by atoms with Gasteiger partial charge in [-0.2, -0.15) is 10.5 Å². The molecule has 0 radical (unpaired) electrons. The molecular formula is C20H28N4O4S2. The fourth-order valence-corrected chi connectivity index (χ4v) is 2.29. The van der Waals surface area contributed by atoms with Crippen LogP contribution in [0.2, 0.25) is 0 Å². The maximum atomic E-state index is 10.6. The SMILES string of the molecule is CC(C)C#N.CC(C)C#N.NS(=O)(=O)c1ccccc1.NS(=O)(=O)c1ccccc1. The van der Waals surface area contributed by atoms with E-state index in [1.165, 1.54) is 24.3 Å². The third-order valence-electron chi connectivity index (χ3n) is 2.66. The first-order chi connectivity index (χ1) is 13.8. The van der Waals surface area contributed by atoms with E-state index < -0.39 is 20.0 Å². The Hall–Kier alpha value is -2.76. The summed E-state index contributed by atoms with van der Waals surface area (Å²) in [4.78, 5) is 0.296. The van der Waals surface area contributed by atoms with Crippen molar-refractivity contribution in [2.24, 2.45) is 22.1 Å². The van der Waals surface area contributed by atoms with E-state index >= 15 is 0 Å². The molecule has 0 spiro atoms. The molecule has 2 aromatic carbocycles. The molecule has 0 fully saturated rings. The topological polar surface area (TPSA) is 168 Å². The van der Waals surface area contributed by atoms with Gasteiger partial charge >= 0.3 is 0 Å². The largest absolute Gasteiger partial charge is 0.238 e. The van der Waals surface area contributed by atoms with E-state index in [9.17, 15) is 16.8 Å². The minimum Gasteiger partial charge on any atom is -0.225 e. The molecule has 10 heteroatoms. The monoisotopic (exact) mass is 452 g/mol. The molecule has 0 unspecified atom stereocenters. The van der Waals surface area contributed by atoms with Crippen molar-refractivity contribution in [1.29, 1.82) is 10.5 Å². The average Bonchev–Trinajstić information content (AvgIpc) is 2.69. The van der Waals surface area contributed by atoms with Crippen LogP contribution in [0.3, 0.4) is 0 Å². The Morgan fingerprint density at radius 3 is 0.933 bits per heavy atom. The molecule has 164 valence electrons. The van der Waals surface area contributed by atoms with Gasteiger partial charge in [0.1, 0.15) is 0 Å². The summed E-state index contributed by atoms with van der Waals surface area (Å²) in [6.45, 7) is 7.44. The van der Waals surface area contributed by atoms with Crippen molar-refractivity contribution in [3.63, 3.8) is 0 Å². The number of nitrogens with zero attached hydrogens (tertiary/aromatic N) is 2. The molecule has 30 heavy (non-hydrogen) atoms. The number of primary sulfonamides is 2. The van der Waals surface area contributed by atoms with E-state index in [0.29, 0.717) is 0 Å². The first-order valence-corrected chi connectivity index (χ1v) is 11.8. The highest BCUT2D eigenvalue weighted by molar-refractivity contribution is 7.89. The van der Waals surface area contributed by atoms with Crippen LogP contribution in [0.25, 0.3) is 0 Å². The van der Waals surface area contributed by atoms with Gasteiger partial charge in [-0.3, -0.25) is 0 Å². The van der Waals surface area contributed by atoms with Gasteiger partial charge in [-0.05, 0) is 52.0 Å². The molecule has 0 aromatic heterocycles.